The van der Waals surface area contributed by atoms with Crippen LogP contribution in [0.4, 0.5) is 13.2 Å². The van der Waals surface area contributed by atoms with Crippen molar-refractivity contribution >= 4 is 5.97 Å². The first-order valence-electron chi connectivity index (χ1n) is 7.42. The van der Waals surface area contributed by atoms with Crippen molar-refractivity contribution in [2.75, 3.05) is 26.7 Å². The van der Waals surface area contributed by atoms with Crippen molar-refractivity contribution in [1.29, 1.82) is 0 Å². The van der Waals surface area contributed by atoms with Crippen molar-refractivity contribution in [3.63, 3.8) is 0 Å². The Bertz CT molecular complexity index is 372. The zero-order chi connectivity index (χ0) is 15.6. The maximum Gasteiger partial charge on any atom is 0.401 e. The number of halogens is 3. The summed E-state index contributed by atoms with van der Waals surface area (Å²) in [6, 6.07) is -0.0154. The van der Waals surface area contributed by atoms with Gasteiger partial charge in [0.2, 0.25) is 0 Å². The van der Waals surface area contributed by atoms with Gasteiger partial charge in [-0.1, -0.05) is 0 Å². The van der Waals surface area contributed by atoms with E-state index < -0.39 is 12.7 Å². The number of hydrogen-bond acceptors (Lipinski definition) is 4. The number of ether oxygens (including phenoxy) is 1. The Morgan fingerprint density at radius 1 is 1.38 bits per heavy atom. The molecular formula is C14H23F3N2O2. The molecule has 21 heavy (non-hydrogen) atoms. The first-order chi connectivity index (χ1) is 9.80. The van der Waals surface area contributed by atoms with Gasteiger partial charge in [-0.2, -0.15) is 13.2 Å². The Labute approximate surface area is 123 Å². The Kier molecular flexibility index (Phi) is 5.14. The first-order valence-corrected chi connectivity index (χ1v) is 7.42. The van der Waals surface area contributed by atoms with Crippen molar-refractivity contribution in [2.24, 2.45) is 11.8 Å². The lowest BCUT2D eigenvalue weighted by atomic mass is 9.92. The molecule has 3 unspecified atom stereocenters. The average Bonchev–Trinajstić information content (AvgIpc) is 3.27. The molecule has 2 rings (SSSR count). The van der Waals surface area contributed by atoms with Crippen molar-refractivity contribution in [3.05, 3.63) is 0 Å². The number of methoxy groups -OCH3 is 1. The van der Waals surface area contributed by atoms with Crippen LogP contribution in [0.2, 0.25) is 0 Å². The van der Waals surface area contributed by atoms with Gasteiger partial charge in [0.15, 0.2) is 0 Å². The number of carbonyl (C=O) groups is 1. The van der Waals surface area contributed by atoms with E-state index in [4.69, 9.17) is 4.74 Å². The molecule has 2 aliphatic rings. The number of likely N-dealkylation sites (tertiary alicyclic amines) is 1. The fraction of sp³-hybridized carbons (Fsp3) is 0.929. The van der Waals surface area contributed by atoms with Gasteiger partial charge in [-0.15, -0.1) is 0 Å². The number of hydrogen-bond donors (Lipinski definition) is 1. The first kappa shape index (κ1) is 16.5. The summed E-state index contributed by atoms with van der Waals surface area (Å²) in [5, 5.41) is 2.54. The van der Waals surface area contributed by atoms with Gasteiger partial charge in [0.1, 0.15) is 0 Å². The van der Waals surface area contributed by atoms with Gasteiger partial charge >= 0.3 is 12.1 Å². The largest absolute Gasteiger partial charge is 0.469 e. The van der Waals surface area contributed by atoms with E-state index in [9.17, 15) is 18.0 Å². The van der Waals surface area contributed by atoms with Crippen LogP contribution in [-0.2, 0) is 9.53 Å². The molecule has 7 heteroatoms. The van der Waals surface area contributed by atoms with Gasteiger partial charge in [-0.3, -0.25) is 9.69 Å². The molecule has 0 aromatic heterocycles. The van der Waals surface area contributed by atoms with Crippen LogP contribution in [0.3, 0.4) is 0 Å². The fourth-order valence-electron chi connectivity index (χ4n) is 3.09. The minimum absolute atomic E-state index is 0.313. The molecule has 0 aromatic rings. The molecule has 1 aliphatic carbocycles. The predicted octanol–water partition coefficient (Wildman–Crippen LogP) is 1.80. The molecule has 1 N–H and O–H groups in total. The molecule has 1 saturated carbocycles. The van der Waals surface area contributed by atoms with E-state index in [2.05, 4.69) is 17.1 Å². The van der Waals surface area contributed by atoms with E-state index in [1.54, 1.807) is 0 Å². The maximum atomic E-state index is 12.4. The van der Waals surface area contributed by atoms with Crippen LogP contribution in [0, 0.1) is 11.8 Å². The van der Waals surface area contributed by atoms with Gasteiger partial charge in [-0.05, 0) is 32.1 Å². The van der Waals surface area contributed by atoms with Crippen LogP contribution in [0.5, 0.6) is 0 Å². The Hall–Kier alpha value is -0.820. The Morgan fingerprint density at radius 2 is 2.05 bits per heavy atom. The summed E-state index contributed by atoms with van der Waals surface area (Å²) in [7, 11) is 1.32. The van der Waals surface area contributed by atoms with E-state index in [1.165, 1.54) is 20.0 Å². The highest BCUT2D eigenvalue weighted by Gasteiger charge is 2.39. The average molecular weight is 308 g/mol. The summed E-state index contributed by atoms with van der Waals surface area (Å²) >= 11 is 0. The molecule has 122 valence electrons. The molecule has 0 amide bonds. The van der Waals surface area contributed by atoms with Gasteiger partial charge < -0.3 is 10.1 Å². The molecule has 2 fully saturated rings. The lowest BCUT2D eigenvalue weighted by Gasteiger charge is -2.40. The Balaban J connectivity index is 1.97. The second kappa shape index (κ2) is 6.52. The third-order valence-electron chi connectivity index (χ3n) is 4.48. The highest BCUT2D eigenvalue weighted by atomic mass is 19.4. The summed E-state index contributed by atoms with van der Waals surface area (Å²) in [5.74, 6) is -0.0677. The summed E-state index contributed by atoms with van der Waals surface area (Å²) < 4.78 is 41.8. The van der Waals surface area contributed by atoms with Gasteiger partial charge in [0.05, 0.1) is 19.6 Å². The van der Waals surface area contributed by atoms with Crippen molar-refractivity contribution in [2.45, 2.75) is 44.4 Å². The second-order valence-corrected chi connectivity index (χ2v) is 6.18. The van der Waals surface area contributed by atoms with Crippen LogP contribution < -0.4 is 5.32 Å². The minimum Gasteiger partial charge on any atom is -0.469 e. The number of rotatable bonds is 5. The van der Waals surface area contributed by atoms with Gasteiger partial charge in [0, 0.05) is 25.2 Å². The number of nitrogens with zero attached hydrogens (tertiary/aromatic N) is 1. The van der Waals surface area contributed by atoms with Crippen molar-refractivity contribution < 1.29 is 22.7 Å². The molecule has 1 heterocycles. The number of alkyl halides is 3. The van der Waals surface area contributed by atoms with Gasteiger partial charge in [-0.25, -0.2) is 0 Å². The smallest absolute Gasteiger partial charge is 0.401 e. The molecular weight excluding hydrogens is 285 g/mol. The normalized spacial score (nSPS) is 29.2. The van der Waals surface area contributed by atoms with E-state index in [1.807, 2.05) is 0 Å². The molecule has 0 spiro atoms. The van der Waals surface area contributed by atoms with Crippen LogP contribution >= 0.6 is 0 Å². The SMILES string of the molecule is COC(=O)C1CC(NCC(F)(F)F)CN(C(C)C2CC2)C1. The van der Waals surface area contributed by atoms with E-state index in [-0.39, 0.29) is 17.9 Å². The monoisotopic (exact) mass is 308 g/mol. The second-order valence-electron chi connectivity index (χ2n) is 6.18. The zero-order valence-electron chi connectivity index (χ0n) is 12.4. The quantitative estimate of drug-likeness (QED) is 0.787. The molecule has 0 radical (unpaired) electrons. The Morgan fingerprint density at radius 3 is 2.57 bits per heavy atom. The van der Waals surface area contributed by atoms with E-state index >= 15 is 0 Å². The van der Waals surface area contributed by atoms with Crippen LogP contribution in [0.1, 0.15) is 26.2 Å². The lowest BCUT2D eigenvalue weighted by molar-refractivity contribution is -0.148. The highest BCUT2D eigenvalue weighted by molar-refractivity contribution is 5.72. The van der Waals surface area contributed by atoms with Crippen LogP contribution in [-0.4, -0.2) is 55.9 Å². The maximum absolute atomic E-state index is 12.4. The highest BCUT2D eigenvalue weighted by Crippen LogP contribution is 2.36. The lowest BCUT2D eigenvalue weighted by Crippen LogP contribution is -2.55. The molecule has 1 aliphatic heterocycles. The third-order valence-corrected chi connectivity index (χ3v) is 4.48. The zero-order valence-corrected chi connectivity index (χ0v) is 12.4. The fourth-order valence-corrected chi connectivity index (χ4v) is 3.09. The van der Waals surface area contributed by atoms with Crippen LogP contribution in [0.25, 0.3) is 0 Å². The number of esters is 1. The standard InChI is InChI=1S/C14H23F3N2O2/c1-9(10-3-4-10)19-6-11(13(20)21-2)5-12(7-19)18-8-14(15,16)17/h9-12,18H,3-8H2,1-2H3. The molecule has 0 aromatic carbocycles. The van der Waals surface area contributed by atoms with Gasteiger partial charge in [0.25, 0.3) is 0 Å². The molecule has 1 saturated heterocycles. The molecule has 3 atom stereocenters. The van der Waals surface area contributed by atoms with Crippen molar-refractivity contribution in [3.8, 4) is 0 Å². The number of carbonyl (C=O) groups excluding carboxylic acids is 1. The molecule has 0 bridgehead atoms. The van der Waals surface area contributed by atoms with Crippen LogP contribution in [0.15, 0.2) is 0 Å². The van der Waals surface area contributed by atoms with E-state index in [0.29, 0.717) is 31.5 Å². The number of nitrogens with one attached hydrogen (secondary N) is 1. The minimum atomic E-state index is -4.23. The number of piperidine rings is 1. The summed E-state index contributed by atoms with van der Waals surface area (Å²) in [4.78, 5) is 13.9. The third kappa shape index (κ3) is 4.85. The molecule has 4 nitrogen and oxygen atoms in total. The topological polar surface area (TPSA) is 41.6 Å². The summed E-state index contributed by atoms with van der Waals surface area (Å²) in [6.07, 6.45) is -1.50. The summed E-state index contributed by atoms with van der Waals surface area (Å²) in [5.41, 5.74) is 0. The van der Waals surface area contributed by atoms with E-state index in [0.717, 1.165) is 0 Å². The predicted molar refractivity (Wildman–Crippen MR) is 71.7 cm³/mol. The summed E-state index contributed by atoms with van der Waals surface area (Å²) in [6.45, 7) is 2.21. The van der Waals surface area contributed by atoms with Crippen molar-refractivity contribution in [1.82, 2.24) is 10.2 Å².